The highest BCUT2D eigenvalue weighted by Gasteiger charge is 1.98. The first kappa shape index (κ1) is 11.5. The van der Waals surface area contributed by atoms with Crippen LogP contribution in [0.2, 0.25) is 5.02 Å². The van der Waals surface area contributed by atoms with Crippen LogP contribution in [-0.4, -0.2) is 17.8 Å². The average Bonchev–Trinajstić information content (AvgIpc) is 2.15. The van der Waals surface area contributed by atoms with Gasteiger partial charge in [0.15, 0.2) is 0 Å². The van der Waals surface area contributed by atoms with Crippen molar-refractivity contribution in [3.63, 3.8) is 0 Å². The lowest BCUT2D eigenvalue weighted by Gasteiger charge is -2.07. The van der Waals surface area contributed by atoms with E-state index in [0.29, 0.717) is 0 Å². The standard InChI is InChI=1S/C11H16ClNO/c1-9(14)6-7-13-8-10-4-2-3-5-11(10)12/h2-5,9,13-14H,6-8H2,1H3. The van der Waals surface area contributed by atoms with Crippen LogP contribution in [0.1, 0.15) is 18.9 Å². The van der Waals surface area contributed by atoms with Gasteiger partial charge in [0.25, 0.3) is 0 Å². The maximum absolute atomic E-state index is 9.04. The van der Waals surface area contributed by atoms with Crippen LogP contribution in [0.15, 0.2) is 24.3 Å². The average molecular weight is 214 g/mol. The molecule has 3 heteroatoms. The number of aliphatic hydroxyl groups excluding tert-OH is 1. The van der Waals surface area contributed by atoms with E-state index >= 15 is 0 Å². The van der Waals surface area contributed by atoms with E-state index in [-0.39, 0.29) is 6.10 Å². The van der Waals surface area contributed by atoms with Crippen LogP contribution in [-0.2, 0) is 6.54 Å². The predicted molar refractivity (Wildman–Crippen MR) is 59.5 cm³/mol. The van der Waals surface area contributed by atoms with Gasteiger partial charge < -0.3 is 10.4 Å². The van der Waals surface area contributed by atoms with Crippen LogP contribution in [0.5, 0.6) is 0 Å². The number of rotatable bonds is 5. The molecule has 1 unspecified atom stereocenters. The molecule has 0 aliphatic heterocycles. The maximum atomic E-state index is 9.04. The lowest BCUT2D eigenvalue weighted by Crippen LogP contribution is -2.18. The molecule has 14 heavy (non-hydrogen) atoms. The number of benzene rings is 1. The van der Waals surface area contributed by atoms with Crippen molar-refractivity contribution in [1.82, 2.24) is 5.32 Å². The van der Waals surface area contributed by atoms with E-state index in [9.17, 15) is 0 Å². The Kier molecular flexibility index (Phi) is 4.94. The summed E-state index contributed by atoms with van der Waals surface area (Å²) in [6, 6.07) is 7.77. The summed E-state index contributed by atoms with van der Waals surface area (Å²) in [6.07, 6.45) is 0.526. The quantitative estimate of drug-likeness (QED) is 0.736. The SMILES string of the molecule is CC(O)CCNCc1ccccc1Cl. The minimum Gasteiger partial charge on any atom is -0.393 e. The van der Waals surface area contributed by atoms with Gasteiger partial charge in [0.2, 0.25) is 0 Å². The molecule has 1 aromatic carbocycles. The third-order valence-corrected chi connectivity index (χ3v) is 2.38. The van der Waals surface area contributed by atoms with Gasteiger partial charge in [-0.05, 0) is 31.5 Å². The van der Waals surface area contributed by atoms with Crippen molar-refractivity contribution in [1.29, 1.82) is 0 Å². The lowest BCUT2D eigenvalue weighted by molar-refractivity contribution is 0.183. The molecule has 0 saturated heterocycles. The molecule has 0 aromatic heterocycles. The van der Waals surface area contributed by atoms with E-state index in [1.54, 1.807) is 6.92 Å². The normalized spacial score (nSPS) is 12.8. The summed E-state index contributed by atoms with van der Waals surface area (Å²) < 4.78 is 0. The summed E-state index contributed by atoms with van der Waals surface area (Å²) in [5.41, 5.74) is 1.10. The maximum Gasteiger partial charge on any atom is 0.0524 e. The number of nitrogens with one attached hydrogen (secondary N) is 1. The monoisotopic (exact) mass is 213 g/mol. The van der Waals surface area contributed by atoms with E-state index in [2.05, 4.69) is 5.32 Å². The molecule has 1 atom stereocenters. The fraction of sp³-hybridized carbons (Fsp3) is 0.455. The molecular formula is C11H16ClNO. The van der Waals surface area contributed by atoms with E-state index in [4.69, 9.17) is 16.7 Å². The van der Waals surface area contributed by atoms with Gasteiger partial charge in [-0.1, -0.05) is 29.8 Å². The van der Waals surface area contributed by atoms with Crippen LogP contribution in [0, 0.1) is 0 Å². The summed E-state index contributed by atoms with van der Waals surface area (Å²) in [7, 11) is 0. The first-order valence-electron chi connectivity index (χ1n) is 4.82. The van der Waals surface area contributed by atoms with Crippen molar-refractivity contribution in [2.75, 3.05) is 6.54 Å². The van der Waals surface area contributed by atoms with Gasteiger partial charge in [-0.3, -0.25) is 0 Å². The van der Waals surface area contributed by atoms with Gasteiger partial charge in [0, 0.05) is 11.6 Å². The molecule has 0 radical (unpaired) electrons. The van der Waals surface area contributed by atoms with E-state index < -0.39 is 0 Å². The Labute approximate surface area is 89.9 Å². The zero-order valence-corrected chi connectivity index (χ0v) is 9.09. The Bertz CT molecular complexity index is 276. The van der Waals surface area contributed by atoms with Gasteiger partial charge in [-0.2, -0.15) is 0 Å². The van der Waals surface area contributed by atoms with Crippen LogP contribution in [0.3, 0.4) is 0 Å². The highest BCUT2D eigenvalue weighted by atomic mass is 35.5. The van der Waals surface area contributed by atoms with Crippen molar-refractivity contribution in [3.8, 4) is 0 Å². The van der Waals surface area contributed by atoms with Crippen molar-refractivity contribution in [2.24, 2.45) is 0 Å². The first-order chi connectivity index (χ1) is 6.70. The second kappa shape index (κ2) is 6.02. The molecule has 0 heterocycles. The van der Waals surface area contributed by atoms with Crippen molar-refractivity contribution >= 4 is 11.6 Å². The Hall–Kier alpha value is -0.570. The van der Waals surface area contributed by atoms with E-state index in [1.807, 2.05) is 24.3 Å². The summed E-state index contributed by atoms with van der Waals surface area (Å²) >= 11 is 5.98. The molecule has 0 aliphatic rings. The summed E-state index contributed by atoms with van der Waals surface area (Å²) in [4.78, 5) is 0. The zero-order chi connectivity index (χ0) is 10.4. The Morgan fingerprint density at radius 3 is 2.79 bits per heavy atom. The van der Waals surface area contributed by atoms with Crippen LogP contribution < -0.4 is 5.32 Å². The Balaban J connectivity index is 2.28. The number of halogens is 1. The van der Waals surface area contributed by atoms with Crippen LogP contribution >= 0.6 is 11.6 Å². The van der Waals surface area contributed by atoms with E-state index in [1.165, 1.54) is 0 Å². The molecule has 0 amide bonds. The van der Waals surface area contributed by atoms with Gasteiger partial charge >= 0.3 is 0 Å². The molecule has 2 nitrogen and oxygen atoms in total. The Morgan fingerprint density at radius 2 is 2.14 bits per heavy atom. The summed E-state index contributed by atoms with van der Waals surface area (Å²) in [5, 5.41) is 13.1. The molecule has 0 bridgehead atoms. The van der Waals surface area contributed by atoms with Gasteiger partial charge in [0.1, 0.15) is 0 Å². The summed E-state index contributed by atoms with van der Waals surface area (Å²) in [6.45, 7) is 3.35. The fourth-order valence-electron chi connectivity index (χ4n) is 1.18. The number of hydrogen-bond acceptors (Lipinski definition) is 2. The van der Waals surface area contributed by atoms with Crippen LogP contribution in [0.25, 0.3) is 0 Å². The number of hydrogen-bond donors (Lipinski definition) is 2. The number of aliphatic hydroxyl groups is 1. The molecule has 1 rings (SSSR count). The molecular weight excluding hydrogens is 198 g/mol. The molecule has 0 saturated carbocycles. The second-order valence-electron chi connectivity index (χ2n) is 3.41. The van der Waals surface area contributed by atoms with Crippen molar-refractivity contribution in [3.05, 3.63) is 34.9 Å². The Morgan fingerprint density at radius 1 is 1.43 bits per heavy atom. The van der Waals surface area contributed by atoms with Gasteiger partial charge in [-0.25, -0.2) is 0 Å². The van der Waals surface area contributed by atoms with E-state index in [0.717, 1.165) is 30.1 Å². The lowest BCUT2D eigenvalue weighted by atomic mass is 10.2. The highest BCUT2D eigenvalue weighted by molar-refractivity contribution is 6.31. The third kappa shape index (κ3) is 4.09. The van der Waals surface area contributed by atoms with Crippen molar-refractivity contribution in [2.45, 2.75) is 26.0 Å². The summed E-state index contributed by atoms with van der Waals surface area (Å²) in [5.74, 6) is 0. The van der Waals surface area contributed by atoms with Gasteiger partial charge in [0.05, 0.1) is 6.10 Å². The fourth-order valence-corrected chi connectivity index (χ4v) is 1.38. The smallest absolute Gasteiger partial charge is 0.0524 e. The highest BCUT2D eigenvalue weighted by Crippen LogP contribution is 2.14. The third-order valence-electron chi connectivity index (χ3n) is 2.01. The van der Waals surface area contributed by atoms with Crippen LogP contribution in [0.4, 0.5) is 0 Å². The molecule has 0 spiro atoms. The first-order valence-corrected chi connectivity index (χ1v) is 5.20. The van der Waals surface area contributed by atoms with Crippen molar-refractivity contribution < 1.29 is 5.11 Å². The topological polar surface area (TPSA) is 32.3 Å². The molecule has 1 aromatic rings. The molecule has 78 valence electrons. The molecule has 2 N–H and O–H groups in total. The zero-order valence-electron chi connectivity index (χ0n) is 8.33. The van der Waals surface area contributed by atoms with Gasteiger partial charge in [-0.15, -0.1) is 0 Å². The molecule has 0 fully saturated rings. The largest absolute Gasteiger partial charge is 0.393 e. The predicted octanol–water partition coefficient (Wildman–Crippen LogP) is 2.20. The minimum atomic E-state index is -0.242. The molecule has 0 aliphatic carbocycles. The second-order valence-corrected chi connectivity index (χ2v) is 3.81. The minimum absolute atomic E-state index is 0.242.